The predicted octanol–water partition coefficient (Wildman–Crippen LogP) is 5.05. The van der Waals surface area contributed by atoms with Crippen molar-refractivity contribution < 1.29 is 4.74 Å². The highest BCUT2D eigenvalue weighted by Gasteiger charge is 2.23. The molecule has 0 radical (unpaired) electrons. The Morgan fingerprint density at radius 2 is 1.28 bits per heavy atom. The van der Waals surface area contributed by atoms with Gasteiger partial charge < -0.3 is 4.74 Å². The van der Waals surface area contributed by atoms with Gasteiger partial charge in [0.1, 0.15) is 0 Å². The van der Waals surface area contributed by atoms with E-state index in [1.165, 1.54) is 57.8 Å². The molecule has 2 rings (SSSR count). The van der Waals surface area contributed by atoms with Gasteiger partial charge in [-0.3, -0.25) is 0 Å². The summed E-state index contributed by atoms with van der Waals surface area (Å²) in [5.41, 5.74) is 0. The lowest BCUT2D eigenvalue weighted by Crippen LogP contribution is -2.23. The quantitative estimate of drug-likeness (QED) is 0.665. The molecule has 0 bridgehead atoms. The van der Waals surface area contributed by atoms with E-state index in [4.69, 9.17) is 4.74 Å². The maximum atomic E-state index is 5.47. The van der Waals surface area contributed by atoms with E-state index in [2.05, 4.69) is 13.8 Å². The molecule has 1 heteroatoms. The minimum atomic E-state index is 0.917. The lowest BCUT2D eigenvalue weighted by atomic mass is 9.76. The van der Waals surface area contributed by atoms with Gasteiger partial charge in [-0.1, -0.05) is 58.8 Å². The van der Waals surface area contributed by atoms with Crippen LogP contribution in [-0.4, -0.2) is 13.2 Å². The maximum Gasteiger partial charge on any atom is 0.0468 e. The summed E-state index contributed by atoms with van der Waals surface area (Å²) in [6.45, 7) is 7.00. The molecular weight excluding hydrogens is 220 g/mol. The van der Waals surface area contributed by atoms with Crippen LogP contribution in [-0.2, 0) is 4.74 Å². The molecular formula is C17H32O. The second-order valence-corrected chi connectivity index (χ2v) is 6.88. The Balaban J connectivity index is 1.66. The van der Waals surface area contributed by atoms with Crippen LogP contribution in [0.2, 0.25) is 0 Å². The van der Waals surface area contributed by atoms with Crippen molar-refractivity contribution in [3.63, 3.8) is 0 Å². The van der Waals surface area contributed by atoms with Gasteiger partial charge in [0.15, 0.2) is 0 Å². The minimum absolute atomic E-state index is 0.917. The van der Waals surface area contributed by atoms with Crippen LogP contribution in [0.15, 0.2) is 0 Å². The fourth-order valence-electron chi connectivity index (χ4n) is 3.99. The van der Waals surface area contributed by atoms with E-state index in [1.807, 2.05) is 0 Å². The van der Waals surface area contributed by atoms with Crippen LogP contribution < -0.4 is 0 Å². The normalized spacial score (nSPS) is 27.0. The van der Waals surface area contributed by atoms with Gasteiger partial charge in [-0.25, -0.2) is 0 Å². The molecule has 0 aromatic heterocycles. The summed E-state index contributed by atoms with van der Waals surface area (Å²) in [6, 6.07) is 0. The Morgan fingerprint density at radius 1 is 0.778 bits per heavy atom. The van der Waals surface area contributed by atoms with Crippen LogP contribution in [0.5, 0.6) is 0 Å². The lowest BCUT2D eigenvalue weighted by Gasteiger charge is -2.31. The van der Waals surface area contributed by atoms with Crippen LogP contribution in [0.1, 0.15) is 71.6 Å². The van der Waals surface area contributed by atoms with Gasteiger partial charge in [0.05, 0.1) is 0 Å². The summed E-state index contributed by atoms with van der Waals surface area (Å²) in [4.78, 5) is 0. The Labute approximate surface area is 114 Å². The Morgan fingerprint density at radius 3 is 1.83 bits per heavy atom. The molecule has 1 saturated heterocycles. The van der Waals surface area contributed by atoms with Crippen molar-refractivity contribution in [3.05, 3.63) is 0 Å². The Bertz CT molecular complexity index is 190. The van der Waals surface area contributed by atoms with Gasteiger partial charge in [-0.2, -0.15) is 0 Å². The molecule has 0 N–H and O–H groups in total. The van der Waals surface area contributed by atoms with Crippen LogP contribution >= 0.6 is 0 Å². The molecule has 2 aliphatic rings. The number of ether oxygens (including phenoxy) is 1. The molecule has 0 aromatic rings. The molecule has 1 heterocycles. The average Bonchev–Trinajstić information content (AvgIpc) is 2.46. The standard InChI is InChI=1S/C17H32O/c1-14(16-6-4-3-5-7-16)8-9-15(2)17-10-12-18-13-11-17/h14-17H,3-13H2,1-2H3/t14-,15+/m0/s1. The zero-order chi connectivity index (χ0) is 12.8. The first-order valence-electron chi connectivity index (χ1n) is 8.35. The highest BCUT2D eigenvalue weighted by atomic mass is 16.5. The molecule has 0 unspecified atom stereocenters. The fourth-order valence-corrected chi connectivity index (χ4v) is 3.99. The first-order valence-corrected chi connectivity index (χ1v) is 8.35. The van der Waals surface area contributed by atoms with Crippen molar-refractivity contribution >= 4 is 0 Å². The number of hydrogen-bond donors (Lipinski definition) is 0. The highest BCUT2D eigenvalue weighted by Crippen LogP contribution is 2.34. The maximum absolute atomic E-state index is 5.47. The lowest BCUT2D eigenvalue weighted by molar-refractivity contribution is 0.0464. The van der Waals surface area contributed by atoms with Crippen molar-refractivity contribution in [2.24, 2.45) is 23.7 Å². The van der Waals surface area contributed by atoms with E-state index in [0.717, 1.165) is 36.9 Å². The summed E-state index contributed by atoms with van der Waals surface area (Å²) in [5.74, 6) is 3.87. The van der Waals surface area contributed by atoms with Crippen LogP contribution in [0.3, 0.4) is 0 Å². The van der Waals surface area contributed by atoms with E-state index in [1.54, 1.807) is 0 Å². The second kappa shape index (κ2) is 7.53. The summed E-state index contributed by atoms with van der Waals surface area (Å²) >= 11 is 0. The van der Waals surface area contributed by atoms with Crippen LogP contribution in [0.25, 0.3) is 0 Å². The average molecular weight is 252 g/mol. The smallest absolute Gasteiger partial charge is 0.0468 e. The fraction of sp³-hybridized carbons (Fsp3) is 1.00. The van der Waals surface area contributed by atoms with E-state index >= 15 is 0 Å². The van der Waals surface area contributed by atoms with Crippen molar-refractivity contribution in [2.75, 3.05) is 13.2 Å². The van der Waals surface area contributed by atoms with Crippen LogP contribution in [0, 0.1) is 23.7 Å². The van der Waals surface area contributed by atoms with Crippen molar-refractivity contribution in [1.82, 2.24) is 0 Å². The van der Waals surface area contributed by atoms with E-state index < -0.39 is 0 Å². The third-order valence-electron chi connectivity index (χ3n) is 5.60. The Hall–Kier alpha value is -0.0400. The molecule has 0 spiro atoms. The first kappa shape index (κ1) is 14.4. The van der Waals surface area contributed by atoms with Gasteiger partial charge in [-0.05, 0) is 36.5 Å². The number of rotatable bonds is 5. The molecule has 1 aliphatic heterocycles. The largest absolute Gasteiger partial charge is 0.381 e. The molecule has 1 aliphatic carbocycles. The zero-order valence-corrected chi connectivity index (χ0v) is 12.5. The predicted molar refractivity (Wildman–Crippen MR) is 77.7 cm³/mol. The van der Waals surface area contributed by atoms with Crippen molar-refractivity contribution in [3.8, 4) is 0 Å². The summed E-state index contributed by atoms with van der Waals surface area (Å²) < 4.78 is 5.47. The molecule has 2 atom stereocenters. The van der Waals surface area contributed by atoms with Crippen molar-refractivity contribution in [2.45, 2.75) is 71.6 Å². The molecule has 18 heavy (non-hydrogen) atoms. The number of hydrogen-bond acceptors (Lipinski definition) is 1. The molecule has 0 amide bonds. The summed E-state index contributed by atoms with van der Waals surface area (Å²) in [6.07, 6.45) is 13.0. The monoisotopic (exact) mass is 252 g/mol. The highest BCUT2D eigenvalue weighted by molar-refractivity contribution is 4.74. The molecule has 2 fully saturated rings. The van der Waals surface area contributed by atoms with Gasteiger partial charge >= 0.3 is 0 Å². The van der Waals surface area contributed by atoms with Gasteiger partial charge in [0.25, 0.3) is 0 Å². The van der Waals surface area contributed by atoms with Gasteiger partial charge in [0, 0.05) is 13.2 Å². The summed E-state index contributed by atoms with van der Waals surface area (Å²) in [7, 11) is 0. The summed E-state index contributed by atoms with van der Waals surface area (Å²) in [5, 5.41) is 0. The van der Waals surface area contributed by atoms with E-state index in [9.17, 15) is 0 Å². The third kappa shape index (κ3) is 4.26. The molecule has 0 aromatic carbocycles. The van der Waals surface area contributed by atoms with Gasteiger partial charge in [0.2, 0.25) is 0 Å². The Kier molecular flexibility index (Phi) is 6.01. The first-order chi connectivity index (χ1) is 8.77. The van der Waals surface area contributed by atoms with E-state index in [0.29, 0.717) is 0 Å². The zero-order valence-electron chi connectivity index (χ0n) is 12.5. The van der Waals surface area contributed by atoms with Gasteiger partial charge in [-0.15, -0.1) is 0 Å². The molecule has 1 nitrogen and oxygen atoms in total. The van der Waals surface area contributed by atoms with E-state index in [-0.39, 0.29) is 0 Å². The SMILES string of the molecule is C[C@H](CC[C@H](C)C1CCCCC1)C1CCOCC1. The minimum Gasteiger partial charge on any atom is -0.381 e. The third-order valence-corrected chi connectivity index (χ3v) is 5.60. The molecule has 1 saturated carbocycles. The van der Waals surface area contributed by atoms with Crippen molar-refractivity contribution in [1.29, 1.82) is 0 Å². The molecule has 106 valence electrons. The topological polar surface area (TPSA) is 9.23 Å². The van der Waals surface area contributed by atoms with Crippen LogP contribution in [0.4, 0.5) is 0 Å². The second-order valence-electron chi connectivity index (χ2n) is 6.88.